The van der Waals surface area contributed by atoms with Crippen molar-refractivity contribution in [3.8, 4) is 0 Å². The Balaban J connectivity index is 2.21. The lowest BCUT2D eigenvalue weighted by Crippen LogP contribution is -2.41. The average Bonchev–Trinajstić information content (AvgIpc) is 3.00. The van der Waals surface area contributed by atoms with Gasteiger partial charge in [-0.25, -0.2) is 8.42 Å². The Morgan fingerprint density at radius 3 is 2.00 bits per heavy atom. The van der Waals surface area contributed by atoms with Crippen molar-refractivity contribution in [3.63, 3.8) is 0 Å². The maximum Gasteiger partial charge on any atom is 0.282 e. The molecule has 1 heterocycles. The zero-order valence-corrected chi connectivity index (χ0v) is 14.7. The van der Waals surface area contributed by atoms with E-state index in [2.05, 4.69) is 0 Å². The first-order chi connectivity index (χ1) is 10.1. The normalized spacial score (nSPS) is 18.7. The van der Waals surface area contributed by atoms with Crippen LogP contribution in [0, 0.1) is 0 Å². The number of hydrogen-bond donors (Lipinski definition) is 0. The van der Waals surface area contributed by atoms with Gasteiger partial charge in [-0.1, -0.05) is 12.1 Å². The van der Waals surface area contributed by atoms with Crippen LogP contribution in [0.2, 0.25) is 0 Å². The SMILES string of the molecule is CC(c1ccc(S(C)(=O)=O)cc1)N(C)S(=O)(=O)N1CCCC1. The smallest absolute Gasteiger partial charge is 0.224 e. The maximum atomic E-state index is 12.5. The van der Waals surface area contributed by atoms with Gasteiger partial charge in [0.1, 0.15) is 0 Å². The molecule has 0 radical (unpaired) electrons. The molecule has 1 unspecified atom stereocenters. The fourth-order valence-electron chi connectivity index (χ4n) is 2.50. The van der Waals surface area contributed by atoms with Crippen molar-refractivity contribution in [3.05, 3.63) is 29.8 Å². The Morgan fingerprint density at radius 1 is 1.05 bits per heavy atom. The molecule has 1 aliphatic rings. The van der Waals surface area contributed by atoms with E-state index < -0.39 is 20.0 Å². The molecule has 0 saturated carbocycles. The van der Waals surface area contributed by atoms with Gasteiger partial charge in [-0.3, -0.25) is 0 Å². The third kappa shape index (κ3) is 3.51. The van der Waals surface area contributed by atoms with Crippen LogP contribution in [0.15, 0.2) is 29.2 Å². The van der Waals surface area contributed by atoms with E-state index in [4.69, 9.17) is 0 Å². The van der Waals surface area contributed by atoms with Crippen molar-refractivity contribution < 1.29 is 16.8 Å². The van der Waals surface area contributed by atoms with Crippen LogP contribution in [0.5, 0.6) is 0 Å². The van der Waals surface area contributed by atoms with Gasteiger partial charge in [0.2, 0.25) is 0 Å². The molecule has 1 fully saturated rings. The first kappa shape index (κ1) is 17.4. The Morgan fingerprint density at radius 2 is 1.55 bits per heavy atom. The Labute approximate surface area is 132 Å². The minimum absolute atomic E-state index is 0.230. The first-order valence-corrected chi connectivity index (χ1v) is 10.5. The molecule has 1 aliphatic heterocycles. The van der Waals surface area contributed by atoms with Gasteiger partial charge >= 0.3 is 0 Å². The molecule has 0 aliphatic carbocycles. The molecule has 2 rings (SSSR count). The summed E-state index contributed by atoms with van der Waals surface area (Å²) in [5.41, 5.74) is 0.762. The van der Waals surface area contributed by atoms with E-state index in [1.807, 2.05) is 0 Å². The topological polar surface area (TPSA) is 74.8 Å². The van der Waals surface area contributed by atoms with E-state index in [0.29, 0.717) is 13.1 Å². The van der Waals surface area contributed by atoms with E-state index in [-0.39, 0.29) is 10.9 Å². The number of sulfone groups is 1. The van der Waals surface area contributed by atoms with E-state index in [1.54, 1.807) is 26.1 Å². The summed E-state index contributed by atoms with van der Waals surface area (Å²) >= 11 is 0. The zero-order chi connectivity index (χ0) is 16.5. The molecule has 0 N–H and O–H groups in total. The number of hydrogen-bond acceptors (Lipinski definition) is 4. The predicted molar refractivity (Wildman–Crippen MR) is 85.5 cm³/mol. The van der Waals surface area contributed by atoms with Crippen LogP contribution >= 0.6 is 0 Å². The first-order valence-electron chi connectivity index (χ1n) is 7.17. The molecule has 6 nitrogen and oxygen atoms in total. The lowest BCUT2D eigenvalue weighted by atomic mass is 10.1. The van der Waals surface area contributed by atoms with E-state index in [9.17, 15) is 16.8 Å². The predicted octanol–water partition coefficient (Wildman–Crippen LogP) is 1.42. The van der Waals surface area contributed by atoms with E-state index >= 15 is 0 Å². The summed E-state index contributed by atoms with van der Waals surface area (Å²) in [7, 11) is -5.16. The van der Waals surface area contributed by atoms with Crippen molar-refractivity contribution in [2.45, 2.75) is 30.7 Å². The minimum atomic E-state index is -3.48. The second-order valence-corrected chi connectivity index (χ2v) is 9.65. The number of nitrogens with zero attached hydrogens (tertiary/aromatic N) is 2. The fourth-order valence-corrected chi connectivity index (χ4v) is 4.74. The highest BCUT2D eigenvalue weighted by Gasteiger charge is 2.32. The minimum Gasteiger partial charge on any atom is -0.224 e. The summed E-state index contributed by atoms with van der Waals surface area (Å²) < 4.78 is 50.8. The molecule has 1 saturated heterocycles. The van der Waals surface area contributed by atoms with Crippen LogP contribution in [0.1, 0.15) is 31.4 Å². The summed E-state index contributed by atoms with van der Waals surface area (Å²) in [5.74, 6) is 0. The highest BCUT2D eigenvalue weighted by Crippen LogP contribution is 2.26. The molecule has 8 heteroatoms. The largest absolute Gasteiger partial charge is 0.282 e. The number of benzene rings is 1. The Hall–Kier alpha value is -0.960. The second-order valence-electron chi connectivity index (χ2n) is 5.65. The molecule has 124 valence electrons. The van der Waals surface area contributed by atoms with Crippen LogP contribution in [0.4, 0.5) is 0 Å². The van der Waals surface area contributed by atoms with Gasteiger partial charge in [0.25, 0.3) is 10.2 Å². The lowest BCUT2D eigenvalue weighted by Gasteiger charge is -2.29. The highest BCUT2D eigenvalue weighted by atomic mass is 32.2. The molecular weight excluding hydrogens is 324 g/mol. The van der Waals surface area contributed by atoms with Gasteiger partial charge < -0.3 is 0 Å². The van der Waals surface area contributed by atoms with Crippen LogP contribution in [-0.2, 0) is 20.0 Å². The van der Waals surface area contributed by atoms with Crippen LogP contribution < -0.4 is 0 Å². The van der Waals surface area contributed by atoms with Gasteiger partial charge in [0.05, 0.1) is 4.90 Å². The summed E-state index contributed by atoms with van der Waals surface area (Å²) in [4.78, 5) is 0.230. The molecule has 0 aromatic heterocycles. The van der Waals surface area contributed by atoms with Crippen molar-refractivity contribution >= 4 is 20.0 Å². The summed E-state index contributed by atoms with van der Waals surface area (Å²) in [6, 6.07) is 5.99. The zero-order valence-electron chi connectivity index (χ0n) is 13.1. The van der Waals surface area contributed by atoms with Crippen LogP contribution in [0.25, 0.3) is 0 Å². The summed E-state index contributed by atoms with van der Waals surface area (Å²) in [6.07, 6.45) is 2.93. The summed E-state index contributed by atoms with van der Waals surface area (Å²) in [6.45, 7) is 2.92. The van der Waals surface area contributed by atoms with Crippen molar-refractivity contribution in [1.29, 1.82) is 0 Å². The van der Waals surface area contributed by atoms with E-state index in [1.165, 1.54) is 20.7 Å². The van der Waals surface area contributed by atoms with E-state index in [0.717, 1.165) is 24.7 Å². The molecule has 0 bridgehead atoms. The van der Waals surface area contributed by atoms with Gasteiger partial charge in [-0.15, -0.1) is 0 Å². The van der Waals surface area contributed by atoms with Crippen molar-refractivity contribution in [2.75, 3.05) is 26.4 Å². The molecule has 0 spiro atoms. The van der Waals surface area contributed by atoms with Crippen molar-refractivity contribution in [1.82, 2.24) is 8.61 Å². The quantitative estimate of drug-likeness (QED) is 0.808. The molecular formula is C14H22N2O4S2. The fraction of sp³-hybridized carbons (Fsp3) is 0.571. The summed E-state index contributed by atoms with van der Waals surface area (Å²) in [5, 5.41) is 0. The van der Waals surface area contributed by atoms with Crippen LogP contribution in [0.3, 0.4) is 0 Å². The lowest BCUT2D eigenvalue weighted by molar-refractivity contribution is 0.350. The standard InChI is InChI=1S/C14H22N2O4S2/c1-12(13-6-8-14(9-7-13)21(3,17)18)15(2)22(19,20)16-10-4-5-11-16/h6-9,12H,4-5,10-11H2,1-3H3. The molecule has 22 heavy (non-hydrogen) atoms. The molecule has 0 amide bonds. The van der Waals surface area contributed by atoms with Gasteiger partial charge in [0.15, 0.2) is 9.84 Å². The third-order valence-electron chi connectivity index (χ3n) is 4.09. The molecule has 1 atom stereocenters. The average molecular weight is 346 g/mol. The molecule has 1 aromatic rings. The van der Waals surface area contributed by atoms with Crippen molar-refractivity contribution in [2.24, 2.45) is 0 Å². The Kier molecular flexibility index (Phi) is 4.96. The van der Waals surface area contributed by atoms with Crippen LogP contribution in [-0.4, -0.2) is 51.8 Å². The Bertz CT molecular complexity index is 721. The second kappa shape index (κ2) is 6.27. The van der Waals surface area contributed by atoms with Gasteiger partial charge in [-0.05, 0) is 37.5 Å². The highest BCUT2D eigenvalue weighted by molar-refractivity contribution is 7.90. The third-order valence-corrected chi connectivity index (χ3v) is 7.28. The number of rotatable bonds is 5. The van der Waals surface area contributed by atoms with Gasteiger partial charge in [-0.2, -0.15) is 17.0 Å². The maximum absolute atomic E-state index is 12.5. The molecule has 1 aromatic carbocycles. The van der Waals surface area contributed by atoms with Gasteiger partial charge in [0, 0.05) is 32.4 Å². The monoisotopic (exact) mass is 346 g/mol.